The Labute approximate surface area is 168 Å². The molecule has 0 saturated carbocycles. The maximum atomic E-state index is 12.2. The van der Waals surface area contributed by atoms with Crippen molar-refractivity contribution in [3.63, 3.8) is 0 Å². The van der Waals surface area contributed by atoms with Crippen molar-refractivity contribution >= 4 is 29.2 Å². The van der Waals surface area contributed by atoms with Gasteiger partial charge in [-0.3, -0.25) is 4.84 Å². The van der Waals surface area contributed by atoms with Gasteiger partial charge in [0.15, 0.2) is 0 Å². The van der Waals surface area contributed by atoms with E-state index < -0.39 is 11.4 Å². The van der Waals surface area contributed by atoms with Crippen LogP contribution in [0.4, 0.5) is 0 Å². The molecule has 2 aromatic carbocycles. The fourth-order valence-corrected chi connectivity index (χ4v) is 3.75. The van der Waals surface area contributed by atoms with Crippen LogP contribution in [0.1, 0.15) is 30.9 Å². The van der Waals surface area contributed by atoms with Crippen molar-refractivity contribution in [3.05, 3.63) is 63.6 Å². The zero-order chi connectivity index (χ0) is 19.4. The van der Waals surface area contributed by atoms with Gasteiger partial charge in [-0.05, 0) is 31.4 Å². The number of aliphatic carboxylic acids is 1. The SMILES string of the molecule is CC1CC(CCNOCc2ccccc2)(C(=O)[O-])c2cc(Cl)c(Cl)cc2O1. The van der Waals surface area contributed by atoms with E-state index in [1.54, 1.807) is 12.1 Å². The minimum atomic E-state index is -1.23. The number of rotatable bonds is 7. The van der Waals surface area contributed by atoms with E-state index in [4.69, 9.17) is 32.8 Å². The predicted molar refractivity (Wildman–Crippen MR) is 102 cm³/mol. The minimum Gasteiger partial charge on any atom is -0.549 e. The number of ether oxygens (including phenoxy) is 1. The van der Waals surface area contributed by atoms with E-state index in [1.165, 1.54) is 0 Å². The van der Waals surface area contributed by atoms with Crippen molar-refractivity contribution in [1.29, 1.82) is 0 Å². The van der Waals surface area contributed by atoms with Gasteiger partial charge < -0.3 is 14.6 Å². The van der Waals surface area contributed by atoms with Crippen LogP contribution in [0.2, 0.25) is 10.0 Å². The molecule has 0 spiro atoms. The standard InChI is InChI=1S/C20H21Cl2NO4/c1-13-11-20(19(24)25,15-9-16(21)17(22)10-18(15)27-13)7-8-23-26-12-14-5-3-2-4-6-14/h2-6,9-10,13,23H,7-8,11-12H2,1H3,(H,24,25)/p-1. The van der Waals surface area contributed by atoms with Crippen molar-refractivity contribution in [1.82, 2.24) is 5.48 Å². The molecule has 5 nitrogen and oxygen atoms in total. The van der Waals surface area contributed by atoms with Gasteiger partial charge in [0.05, 0.1) is 28.7 Å². The molecular formula is C20H20Cl2NO4-. The van der Waals surface area contributed by atoms with E-state index in [-0.39, 0.29) is 24.0 Å². The molecule has 0 aromatic heterocycles. The number of benzene rings is 2. The van der Waals surface area contributed by atoms with Crippen LogP contribution in [0.5, 0.6) is 5.75 Å². The lowest BCUT2D eigenvalue weighted by Crippen LogP contribution is -2.51. The normalized spacial score (nSPS) is 21.4. The van der Waals surface area contributed by atoms with E-state index in [9.17, 15) is 9.90 Å². The monoisotopic (exact) mass is 408 g/mol. The number of carboxylic acids is 1. The number of carbonyl (C=O) groups excluding carboxylic acids is 1. The molecule has 1 N–H and O–H groups in total. The van der Waals surface area contributed by atoms with E-state index in [1.807, 2.05) is 37.3 Å². The molecule has 144 valence electrons. The van der Waals surface area contributed by atoms with Crippen LogP contribution in [-0.2, 0) is 21.7 Å². The fraction of sp³-hybridized carbons (Fsp3) is 0.350. The second kappa shape index (κ2) is 8.48. The van der Waals surface area contributed by atoms with E-state index in [0.29, 0.717) is 29.5 Å². The first-order valence-corrected chi connectivity index (χ1v) is 9.44. The summed E-state index contributed by atoms with van der Waals surface area (Å²) in [6, 6.07) is 12.8. The van der Waals surface area contributed by atoms with E-state index >= 15 is 0 Å². The Morgan fingerprint density at radius 1 is 1.30 bits per heavy atom. The molecule has 3 rings (SSSR count). The number of carbonyl (C=O) groups is 1. The highest BCUT2D eigenvalue weighted by Gasteiger charge is 2.42. The average Bonchev–Trinajstić information content (AvgIpc) is 2.63. The molecule has 2 unspecified atom stereocenters. The van der Waals surface area contributed by atoms with Gasteiger partial charge in [0, 0.05) is 23.6 Å². The summed E-state index contributed by atoms with van der Waals surface area (Å²) in [5.74, 6) is -0.736. The molecule has 1 aliphatic rings. The minimum absolute atomic E-state index is 0.267. The lowest BCUT2D eigenvalue weighted by Gasteiger charge is -2.42. The van der Waals surface area contributed by atoms with E-state index in [0.717, 1.165) is 5.56 Å². The maximum absolute atomic E-state index is 12.2. The average molecular weight is 409 g/mol. The number of carboxylic acid groups (broad SMARTS) is 1. The van der Waals surface area contributed by atoms with Gasteiger partial charge in [0.1, 0.15) is 5.75 Å². The molecule has 1 aliphatic heterocycles. The molecule has 0 fully saturated rings. The Hall–Kier alpha value is -1.79. The second-order valence-corrected chi connectivity index (χ2v) is 7.50. The largest absolute Gasteiger partial charge is 0.549 e. The lowest BCUT2D eigenvalue weighted by molar-refractivity contribution is -0.315. The number of halogens is 2. The van der Waals surface area contributed by atoms with Crippen LogP contribution in [-0.4, -0.2) is 18.6 Å². The van der Waals surface area contributed by atoms with Gasteiger partial charge in [0.2, 0.25) is 0 Å². The number of hydrogen-bond acceptors (Lipinski definition) is 5. The third kappa shape index (κ3) is 4.38. The highest BCUT2D eigenvalue weighted by atomic mass is 35.5. The van der Waals surface area contributed by atoms with Crippen molar-refractivity contribution in [3.8, 4) is 5.75 Å². The van der Waals surface area contributed by atoms with Gasteiger partial charge in [-0.15, -0.1) is 0 Å². The van der Waals surface area contributed by atoms with Crippen molar-refractivity contribution < 1.29 is 19.5 Å². The quantitative estimate of drug-likeness (QED) is 0.562. The van der Waals surface area contributed by atoms with Gasteiger partial charge in [-0.1, -0.05) is 53.5 Å². The molecule has 0 aliphatic carbocycles. The number of fused-ring (bicyclic) bond motifs is 1. The molecule has 0 radical (unpaired) electrons. The molecule has 1 heterocycles. The van der Waals surface area contributed by atoms with Crippen LogP contribution < -0.4 is 15.3 Å². The highest BCUT2D eigenvalue weighted by molar-refractivity contribution is 6.42. The van der Waals surface area contributed by atoms with Gasteiger partial charge in [-0.25, -0.2) is 5.48 Å². The molecule has 0 bridgehead atoms. The summed E-state index contributed by atoms with van der Waals surface area (Å²) in [5.41, 5.74) is 3.12. The number of hydroxylamine groups is 1. The van der Waals surface area contributed by atoms with Crippen molar-refractivity contribution in [2.45, 2.75) is 37.9 Å². The summed E-state index contributed by atoms with van der Waals surface area (Å²) in [4.78, 5) is 17.6. The van der Waals surface area contributed by atoms with E-state index in [2.05, 4.69) is 5.48 Å². The summed E-state index contributed by atoms with van der Waals surface area (Å²) >= 11 is 12.2. The molecule has 0 saturated heterocycles. The third-order valence-corrected chi connectivity index (χ3v) is 5.45. The fourth-order valence-electron chi connectivity index (χ4n) is 3.44. The second-order valence-electron chi connectivity index (χ2n) is 6.68. The van der Waals surface area contributed by atoms with Crippen LogP contribution in [0.25, 0.3) is 0 Å². The summed E-state index contributed by atoms with van der Waals surface area (Å²) in [5, 5.41) is 12.8. The Balaban J connectivity index is 1.72. The maximum Gasteiger partial charge on any atom is 0.125 e. The van der Waals surface area contributed by atoms with Crippen molar-refractivity contribution in [2.75, 3.05) is 6.54 Å². The zero-order valence-electron chi connectivity index (χ0n) is 14.8. The zero-order valence-corrected chi connectivity index (χ0v) is 16.3. The first-order valence-electron chi connectivity index (χ1n) is 8.68. The van der Waals surface area contributed by atoms with Crippen LogP contribution in [0, 0.1) is 0 Å². The Morgan fingerprint density at radius 2 is 2.00 bits per heavy atom. The molecule has 7 heteroatoms. The Bertz CT molecular complexity index is 815. The molecule has 2 atom stereocenters. The number of hydrogen-bond donors (Lipinski definition) is 1. The molecule has 2 aromatic rings. The van der Waals surface area contributed by atoms with Gasteiger partial charge >= 0.3 is 0 Å². The first kappa shape index (κ1) is 20.0. The first-order chi connectivity index (χ1) is 12.9. The predicted octanol–water partition coefficient (Wildman–Crippen LogP) is 3.26. The Kier molecular flexibility index (Phi) is 6.27. The van der Waals surface area contributed by atoms with Gasteiger partial charge in [-0.2, -0.15) is 0 Å². The Morgan fingerprint density at radius 3 is 2.70 bits per heavy atom. The van der Waals surface area contributed by atoms with Crippen LogP contribution in [0.3, 0.4) is 0 Å². The summed E-state index contributed by atoms with van der Waals surface area (Å²) in [6.07, 6.45) is 0.251. The molecule has 0 amide bonds. The molecular weight excluding hydrogens is 389 g/mol. The van der Waals surface area contributed by atoms with Crippen LogP contribution >= 0.6 is 23.2 Å². The number of nitrogens with one attached hydrogen (secondary N) is 1. The topological polar surface area (TPSA) is 70.6 Å². The summed E-state index contributed by atoms with van der Waals surface area (Å²) in [6.45, 7) is 2.53. The third-order valence-electron chi connectivity index (χ3n) is 4.73. The molecule has 27 heavy (non-hydrogen) atoms. The van der Waals surface area contributed by atoms with Gasteiger partial charge in [0.25, 0.3) is 0 Å². The highest BCUT2D eigenvalue weighted by Crippen LogP contribution is 2.46. The van der Waals surface area contributed by atoms with Crippen molar-refractivity contribution in [2.24, 2.45) is 0 Å². The summed E-state index contributed by atoms with van der Waals surface area (Å²) in [7, 11) is 0. The van der Waals surface area contributed by atoms with Crippen LogP contribution in [0.15, 0.2) is 42.5 Å². The lowest BCUT2D eigenvalue weighted by atomic mass is 9.71. The summed E-state index contributed by atoms with van der Waals surface area (Å²) < 4.78 is 5.77. The smallest absolute Gasteiger partial charge is 0.125 e.